The fraction of sp³-hybridized carbons (Fsp3) is 0.533. The molecule has 114 valence electrons. The smallest absolute Gasteiger partial charge is 0.311 e. The first-order valence-corrected chi connectivity index (χ1v) is 7.22. The molecule has 1 fully saturated rings. The molecule has 4 N–H and O–H groups in total. The van der Waals surface area contributed by atoms with Gasteiger partial charge in [-0.05, 0) is 25.0 Å². The number of carboxylic acid groups (broad SMARTS) is 1. The van der Waals surface area contributed by atoms with E-state index in [1.807, 2.05) is 0 Å². The Morgan fingerprint density at radius 1 is 1.29 bits per heavy atom. The molecule has 0 unspecified atom stereocenters. The third kappa shape index (κ3) is 3.93. The van der Waals surface area contributed by atoms with Crippen molar-refractivity contribution in [3.8, 4) is 0 Å². The van der Waals surface area contributed by atoms with Crippen LogP contribution in [0.3, 0.4) is 0 Å². The third-order valence-corrected chi connectivity index (χ3v) is 4.08. The van der Waals surface area contributed by atoms with Gasteiger partial charge in [-0.25, -0.2) is 0 Å². The van der Waals surface area contributed by atoms with E-state index in [2.05, 4.69) is 10.3 Å². The van der Waals surface area contributed by atoms with Crippen LogP contribution in [-0.2, 0) is 16.0 Å². The SMILES string of the molecule is Nc1ccc(CC(=O)NCC2(C(=O)O)CCCCC2)nc1. The first-order valence-electron chi connectivity index (χ1n) is 7.22. The molecular formula is C15H21N3O3. The predicted molar refractivity (Wildman–Crippen MR) is 78.5 cm³/mol. The summed E-state index contributed by atoms with van der Waals surface area (Å²) >= 11 is 0. The lowest BCUT2D eigenvalue weighted by Crippen LogP contribution is -2.44. The average Bonchev–Trinajstić information content (AvgIpc) is 2.48. The molecule has 1 aromatic heterocycles. The molecule has 0 bridgehead atoms. The molecule has 1 heterocycles. The van der Waals surface area contributed by atoms with E-state index in [0.717, 1.165) is 19.3 Å². The summed E-state index contributed by atoms with van der Waals surface area (Å²) in [5.41, 5.74) is 5.90. The maximum atomic E-state index is 11.9. The van der Waals surface area contributed by atoms with Gasteiger partial charge >= 0.3 is 5.97 Å². The van der Waals surface area contributed by atoms with E-state index in [0.29, 0.717) is 24.2 Å². The minimum atomic E-state index is -0.812. The van der Waals surface area contributed by atoms with Crippen molar-refractivity contribution in [3.63, 3.8) is 0 Å². The van der Waals surface area contributed by atoms with Crippen molar-refractivity contribution in [1.29, 1.82) is 0 Å². The van der Waals surface area contributed by atoms with E-state index in [4.69, 9.17) is 5.73 Å². The molecule has 1 aliphatic carbocycles. The van der Waals surface area contributed by atoms with Crippen LogP contribution in [0, 0.1) is 5.41 Å². The summed E-state index contributed by atoms with van der Waals surface area (Å²) in [7, 11) is 0. The summed E-state index contributed by atoms with van der Waals surface area (Å²) in [6.45, 7) is 0.191. The van der Waals surface area contributed by atoms with Crippen LogP contribution in [0.1, 0.15) is 37.8 Å². The van der Waals surface area contributed by atoms with Crippen LogP contribution >= 0.6 is 0 Å². The molecule has 1 saturated carbocycles. The molecule has 2 rings (SSSR count). The molecule has 0 atom stereocenters. The Balaban J connectivity index is 1.90. The summed E-state index contributed by atoms with van der Waals surface area (Å²) < 4.78 is 0. The number of aromatic nitrogens is 1. The number of amides is 1. The molecule has 0 aliphatic heterocycles. The summed E-state index contributed by atoms with van der Waals surface area (Å²) in [6, 6.07) is 3.39. The van der Waals surface area contributed by atoms with Gasteiger partial charge in [0.05, 0.1) is 23.7 Å². The number of carbonyl (C=O) groups is 2. The quantitative estimate of drug-likeness (QED) is 0.759. The Labute approximate surface area is 123 Å². The van der Waals surface area contributed by atoms with Gasteiger partial charge in [-0.1, -0.05) is 19.3 Å². The highest BCUT2D eigenvalue weighted by Crippen LogP contribution is 2.35. The normalized spacial score (nSPS) is 17.1. The van der Waals surface area contributed by atoms with Gasteiger partial charge in [0, 0.05) is 12.2 Å². The Bertz CT molecular complexity index is 507. The van der Waals surface area contributed by atoms with Gasteiger partial charge in [0.2, 0.25) is 5.91 Å². The zero-order valence-corrected chi connectivity index (χ0v) is 12.0. The van der Waals surface area contributed by atoms with E-state index in [1.165, 1.54) is 6.20 Å². The predicted octanol–water partition coefficient (Wildman–Crippen LogP) is 1.36. The highest BCUT2D eigenvalue weighted by Gasteiger charge is 2.39. The van der Waals surface area contributed by atoms with Crippen LogP contribution in [0.25, 0.3) is 0 Å². The highest BCUT2D eigenvalue weighted by atomic mass is 16.4. The van der Waals surface area contributed by atoms with Crippen LogP contribution in [0.2, 0.25) is 0 Å². The lowest BCUT2D eigenvalue weighted by atomic mass is 9.74. The maximum Gasteiger partial charge on any atom is 0.311 e. The van der Waals surface area contributed by atoms with Crippen molar-refractivity contribution >= 4 is 17.6 Å². The van der Waals surface area contributed by atoms with Crippen molar-refractivity contribution in [2.24, 2.45) is 5.41 Å². The van der Waals surface area contributed by atoms with Gasteiger partial charge in [-0.2, -0.15) is 0 Å². The second kappa shape index (κ2) is 6.56. The molecule has 1 amide bonds. The molecule has 1 aromatic rings. The number of rotatable bonds is 5. The summed E-state index contributed by atoms with van der Waals surface area (Å²) in [5.74, 6) is -1.02. The van der Waals surface area contributed by atoms with E-state index in [1.54, 1.807) is 12.1 Å². The molecule has 21 heavy (non-hydrogen) atoms. The second-order valence-electron chi connectivity index (χ2n) is 5.68. The average molecular weight is 291 g/mol. The lowest BCUT2D eigenvalue weighted by molar-refractivity contribution is -0.151. The number of carbonyl (C=O) groups excluding carboxylic acids is 1. The van der Waals surface area contributed by atoms with Crippen LogP contribution in [-0.4, -0.2) is 28.5 Å². The minimum absolute atomic E-state index is 0.135. The Morgan fingerprint density at radius 3 is 2.57 bits per heavy atom. The molecule has 0 radical (unpaired) electrons. The van der Waals surface area contributed by atoms with Crippen LogP contribution < -0.4 is 11.1 Å². The number of nitrogens with one attached hydrogen (secondary N) is 1. The van der Waals surface area contributed by atoms with Crippen LogP contribution in [0.15, 0.2) is 18.3 Å². The number of aliphatic carboxylic acids is 1. The number of pyridine rings is 1. The molecule has 6 heteroatoms. The first-order chi connectivity index (χ1) is 10.0. The van der Waals surface area contributed by atoms with Gasteiger partial charge < -0.3 is 16.2 Å². The minimum Gasteiger partial charge on any atom is -0.481 e. The van der Waals surface area contributed by atoms with Gasteiger partial charge in [0.25, 0.3) is 0 Å². The van der Waals surface area contributed by atoms with Gasteiger partial charge in [-0.3, -0.25) is 14.6 Å². The standard InChI is InChI=1S/C15H21N3O3/c16-11-4-5-12(17-9-11)8-13(19)18-10-15(14(20)21)6-2-1-3-7-15/h4-5,9H,1-3,6-8,10,16H2,(H,18,19)(H,20,21). The number of hydrogen-bond donors (Lipinski definition) is 3. The van der Waals surface area contributed by atoms with Gasteiger partial charge in [0.15, 0.2) is 0 Å². The van der Waals surface area contributed by atoms with Crippen molar-refractivity contribution in [2.45, 2.75) is 38.5 Å². The second-order valence-corrected chi connectivity index (χ2v) is 5.68. The Morgan fingerprint density at radius 2 is 2.00 bits per heavy atom. The fourth-order valence-corrected chi connectivity index (χ4v) is 2.73. The van der Waals surface area contributed by atoms with Crippen molar-refractivity contribution in [2.75, 3.05) is 12.3 Å². The topological polar surface area (TPSA) is 105 Å². The summed E-state index contributed by atoms with van der Waals surface area (Å²) in [6.07, 6.45) is 5.77. The third-order valence-electron chi connectivity index (χ3n) is 4.08. The van der Waals surface area contributed by atoms with Crippen LogP contribution in [0.4, 0.5) is 5.69 Å². The van der Waals surface area contributed by atoms with E-state index in [9.17, 15) is 14.7 Å². The Hall–Kier alpha value is -2.11. The van der Waals surface area contributed by atoms with E-state index < -0.39 is 11.4 Å². The van der Waals surface area contributed by atoms with Crippen molar-refractivity contribution in [1.82, 2.24) is 10.3 Å². The number of hydrogen-bond acceptors (Lipinski definition) is 4. The van der Waals surface area contributed by atoms with Crippen LogP contribution in [0.5, 0.6) is 0 Å². The lowest BCUT2D eigenvalue weighted by Gasteiger charge is -2.33. The molecule has 0 saturated heterocycles. The van der Waals surface area contributed by atoms with Gasteiger partial charge in [-0.15, -0.1) is 0 Å². The molecular weight excluding hydrogens is 270 g/mol. The van der Waals surface area contributed by atoms with E-state index >= 15 is 0 Å². The van der Waals surface area contributed by atoms with Crippen molar-refractivity contribution < 1.29 is 14.7 Å². The Kier molecular flexibility index (Phi) is 4.77. The maximum absolute atomic E-state index is 11.9. The first kappa shape index (κ1) is 15.3. The summed E-state index contributed by atoms with van der Waals surface area (Å²) in [5, 5.41) is 12.2. The number of anilines is 1. The number of nitrogens with zero attached hydrogens (tertiary/aromatic N) is 1. The fourth-order valence-electron chi connectivity index (χ4n) is 2.73. The zero-order chi connectivity index (χ0) is 15.3. The highest BCUT2D eigenvalue weighted by molar-refractivity contribution is 5.80. The number of nitrogens with two attached hydrogens (primary N) is 1. The van der Waals surface area contributed by atoms with Gasteiger partial charge in [0.1, 0.15) is 0 Å². The molecule has 0 spiro atoms. The number of nitrogen functional groups attached to an aromatic ring is 1. The number of carboxylic acids is 1. The van der Waals surface area contributed by atoms with E-state index in [-0.39, 0.29) is 18.9 Å². The molecule has 0 aromatic carbocycles. The van der Waals surface area contributed by atoms with Crippen molar-refractivity contribution in [3.05, 3.63) is 24.0 Å². The molecule has 6 nitrogen and oxygen atoms in total. The largest absolute Gasteiger partial charge is 0.481 e. The summed E-state index contributed by atoms with van der Waals surface area (Å²) in [4.78, 5) is 27.5. The monoisotopic (exact) mass is 291 g/mol. The molecule has 1 aliphatic rings. The zero-order valence-electron chi connectivity index (χ0n) is 12.0.